The van der Waals surface area contributed by atoms with Crippen molar-refractivity contribution in [3.63, 3.8) is 0 Å². The Morgan fingerprint density at radius 3 is 2.71 bits per heavy atom. The summed E-state index contributed by atoms with van der Waals surface area (Å²) in [6, 6.07) is 5.55. The fourth-order valence-corrected chi connectivity index (χ4v) is 2.60. The number of rotatable bonds is 5. The second-order valence-electron chi connectivity index (χ2n) is 5.37. The van der Waals surface area contributed by atoms with Gasteiger partial charge in [-0.3, -0.25) is 0 Å². The van der Waals surface area contributed by atoms with E-state index in [2.05, 4.69) is 19.2 Å². The Morgan fingerprint density at radius 1 is 1.41 bits per heavy atom. The van der Waals surface area contributed by atoms with Gasteiger partial charge in [0.2, 0.25) is 0 Å². The van der Waals surface area contributed by atoms with Crippen LogP contribution < -0.4 is 5.32 Å². The summed E-state index contributed by atoms with van der Waals surface area (Å²) in [5.74, 6) is 1.43. The molecule has 0 aromatic heterocycles. The van der Waals surface area contributed by atoms with Crippen LogP contribution in [-0.4, -0.2) is 13.1 Å². The molecule has 1 saturated carbocycles. The molecule has 17 heavy (non-hydrogen) atoms. The molecule has 1 aliphatic carbocycles. The Hall–Kier alpha value is -0.890. The summed E-state index contributed by atoms with van der Waals surface area (Å²) in [7, 11) is 2.01. The van der Waals surface area contributed by atoms with Crippen molar-refractivity contribution >= 4 is 0 Å². The topological polar surface area (TPSA) is 12.0 Å². The van der Waals surface area contributed by atoms with Crippen LogP contribution in [0.25, 0.3) is 0 Å². The second-order valence-corrected chi connectivity index (χ2v) is 5.37. The monoisotopic (exact) mass is 235 g/mol. The van der Waals surface area contributed by atoms with Crippen LogP contribution in [-0.2, 0) is 6.42 Å². The first-order chi connectivity index (χ1) is 8.11. The predicted octanol–water partition coefficient (Wildman–Crippen LogP) is 3.31. The Balaban J connectivity index is 2.08. The minimum atomic E-state index is -0.125. The number of hydrogen-bond acceptors (Lipinski definition) is 1. The Kier molecular flexibility index (Phi) is 3.82. The van der Waals surface area contributed by atoms with Gasteiger partial charge in [0.1, 0.15) is 5.82 Å². The van der Waals surface area contributed by atoms with Crippen molar-refractivity contribution < 1.29 is 4.39 Å². The van der Waals surface area contributed by atoms with E-state index in [-0.39, 0.29) is 5.82 Å². The molecule has 1 aromatic carbocycles. The zero-order chi connectivity index (χ0) is 12.4. The number of halogens is 1. The normalized spacial score (nSPS) is 19.1. The van der Waals surface area contributed by atoms with Crippen LogP contribution in [0.4, 0.5) is 4.39 Å². The molecule has 0 amide bonds. The first-order valence-corrected chi connectivity index (χ1v) is 6.54. The Labute approximate surface area is 103 Å². The fraction of sp³-hybridized carbons (Fsp3) is 0.600. The summed E-state index contributed by atoms with van der Waals surface area (Å²) in [6.45, 7) is 4.37. The van der Waals surface area contributed by atoms with Crippen LogP contribution in [0, 0.1) is 24.6 Å². The van der Waals surface area contributed by atoms with Gasteiger partial charge in [-0.2, -0.15) is 0 Å². The first-order valence-electron chi connectivity index (χ1n) is 6.54. The molecule has 1 aliphatic rings. The van der Waals surface area contributed by atoms with Crippen molar-refractivity contribution in [2.75, 3.05) is 7.05 Å². The molecule has 94 valence electrons. The number of benzene rings is 1. The molecule has 2 atom stereocenters. The molecule has 0 aliphatic heterocycles. The quantitative estimate of drug-likeness (QED) is 0.825. The Bertz CT molecular complexity index is 385. The van der Waals surface area contributed by atoms with Gasteiger partial charge in [0, 0.05) is 6.04 Å². The molecule has 0 radical (unpaired) electrons. The van der Waals surface area contributed by atoms with E-state index in [0.717, 1.165) is 17.9 Å². The standard InChI is InChI=1S/C15H22FN/c1-10-4-7-14(16)8-13(10)9-15(17-3)11(2)12-5-6-12/h4,7-8,11-12,15,17H,5-6,9H2,1-3H3. The average molecular weight is 235 g/mol. The molecule has 0 bridgehead atoms. The maximum atomic E-state index is 13.3. The van der Waals surface area contributed by atoms with E-state index >= 15 is 0 Å². The lowest BCUT2D eigenvalue weighted by Crippen LogP contribution is -2.35. The van der Waals surface area contributed by atoms with Crippen LogP contribution in [0.1, 0.15) is 30.9 Å². The number of likely N-dealkylation sites (N-methyl/N-ethyl adjacent to an activating group) is 1. The van der Waals surface area contributed by atoms with Crippen molar-refractivity contribution in [1.29, 1.82) is 0 Å². The third-order valence-corrected chi connectivity index (χ3v) is 4.12. The number of aryl methyl sites for hydroxylation is 1. The molecule has 0 spiro atoms. The minimum Gasteiger partial charge on any atom is -0.316 e. The fourth-order valence-electron chi connectivity index (χ4n) is 2.60. The van der Waals surface area contributed by atoms with Gasteiger partial charge >= 0.3 is 0 Å². The highest BCUT2D eigenvalue weighted by atomic mass is 19.1. The molecule has 0 saturated heterocycles. The van der Waals surface area contributed by atoms with E-state index in [1.807, 2.05) is 13.1 Å². The van der Waals surface area contributed by atoms with Gasteiger partial charge in [0.15, 0.2) is 0 Å². The van der Waals surface area contributed by atoms with Gasteiger partial charge in [0.25, 0.3) is 0 Å². The summed E-state index contributed by atoms with van der Waals surface area (Å²) in [5.41, 5.74) is 2.33. The summed E-state index contributed by atoms with van der Waals surface area (Å²) in [6.07, 6.45) is 3.65. The molecule has 1 fully saturated rings. The summed E-state index contributed by atoms with van der Waals surface area (Å²) in [5, 5.41) is 3.40. The van der Waals surface area contributed by atoms with E-state index in [4.69, 9.17) is 0 Å². The highest BCUT2D eigenvalue weighted by molar-refractivity contribution is 5.27. The lowest BCUT2D eigenvalue weighted by molar-refractivity contribution is 0.357. The molecule has 0 heterocycles. The van der Waals surface area contributed by atoms with Crippen molar-refractivity contribution in [2.24, 2.45) is 11.8 Å². The number of hydrogen-bond donors (Lipinski definition) is 1. The molecule has 2 unspecified atom stereocenters. The second kappa shape index (κ2) is 5.18. The van der Waals surface area contributed by atoms with E-state index < -0.39 is 0 Å². The van der Waals surface area contributed by atoms with Crippen LogP contribution in [0.2, 0.25) is 0 Å². The molecule has 1 aromatic rings. The van der Waals surface area contributed by atoms with Gasteiger partial charge in [-0.15, -0.1) is 0 Å². The largest absolute Gasteiger partial charge is 0.316 e. The van der Waals surface area contributed by atoms with E-state index in [1.165, 1.54) is 24.5 Å². The first kappa shape index (κ1) is 12.6. The van der Waals surface area contributed by atoms with Gasteiger partial charge in [-0.25, -0.2) is 4.39 Å². The van der Waals surface area contributed by atoms with Gasteiger partial charge in [-0.1, -0.05) is 13.0 Å². The van der Waals surface area contributed by atoms with E-state index in [1.54, 1.807) is 6.07 Å². The maximum Gasteiger partial charge on any atom is 0.123 e. The molecule has 1 N–H and O–H groups in total. The lowest BCUT2D eigenvalue weighted by atomic mass is 9.90. The smallest absolute Gasteiger partial charge is 0.123 e. The van der Waals surface area contributed by atoms with Crippen LogP contribution >= 0.6 is 0 Å². The van der Waals surface area contributed by atoms with Gasteiger partial charge in [0.05, 0.1) is 0 Å². The van der Waals surface area contributed by atoms with Crippen LogP contribution in [0.3, 0.4) is 0 Å². The van der Waals surface area contributed by atoms with Crippen molar-refractivity contribution in [3.8, 4) is 0 Å². The maximum absolute atomic E-state index is 13.3. The van der Waals surface area contributed by atoms with E-state index in [9.17, 15) is 4.39 Å². The average Bonchev–Trinajstić information content (AvgIpc) is 3.13. The highest BCUT2D eigenvalue weighted by Crippen LogP contribution is 2.38. The highest BCUT2D eigenvalue weighted by Gasteiger charge is 2.32. The molecular weight excluding hydrogens is 213 g/mol. The lowest BCUT2D eigenvalue weighted by Gasteiger charge is -2.24. The number of nitrogens with one attached hydrogen (secondary N) is 1. The molecule has 2 heteroatoms. The SMILES string of the molecule is CNC(Cc1cc(F)ccc1C)C(C)C1CC1. The molecular formula is C15H22FN. The Morgan fingerprint density at radius 2 is 2.12 bits per heavy atom. The molecule has 1 nitrogen and oxygen atoms in total. The summed E-state index contributed by atoms with van der Waals surface area (Å²) >= 11 is 0. The van der Waals surface area contributed by atoms with Gasteiger partial charge < -0.3 is 5.32 Å². The summed E-state index contributed by atoms with van der Waals surface area (Å²) < 4.78 is 13.3. The van der Waals surface area contributed by atoms with Crippen molar-refractivity contribution in [2.45, 2.75) is 39.2 Å². The third-order valence-electron chi connectivity index (χ3n) is 4.12. The molecule has 2 rings (SSSR count). The van der Waals surface area contributed by atoms with Crippen LogP contribution in [0.15, 0.2) is 18.2 Å². The zero-order valence-corrected chi connectivity index (χ0v) is 11.0. The van der Waals surface area contributed by atoms with E-state index in [0.29, 0.717) is 12.0 Å². The third kappa shape index (κ3) is 3.06. The zero-order valence-electron chi connectivity index (χ0n) is 11.0. The minimum absolute atomic E-state index is 0.125. The summed E-state index contributed by atoms with van der Waals surface area (Å²) in [4.78, 5) is 0. The van der Waals surface area contributed by atoms with Crippen molar-refractivity contribution in [3.05, 3.63) is 35.1 Å². The van der Waals surface area contributed by atoms with Crippen molar-refractivity contribution in [1.82, 2.24) is 5.32 Å². The predicted molar refractivity (Wildman–Crippen MR) is 69.6 cm³/mol. The van der Waals surface area contributed by atoms with Gasteiger partial charge in [-0.05, 0) is 68.3 Å². The van der Waals surface area contributed by atoms with Crippen LogP contribution in [0.5, 0.6) is 0 Å².